The van der Waals surface area contributed by atoms with Crippen molar-refractivity contribution in [1.82, 2.24) is 5.32 Å². The maximum Gasteiger partial charge on any atom is 0.126 e. The van der Waals surface area contributed by atoms with Crippen LogP contribution in [0.1, 0.15) is 47.8 Å². The summed E-state index contributed by atoms with van der Waals surface area (Å²) in [5.74, 6) is 0.226. The zero-order valence-electron chi connectivity index (χ0n) is 16.1. The van der Waals surface area contributed by atoms with E-state index in [4.69, 9.17) is 28.2 Å². The van der Waals surface area contributed by atoms with Crippen LogP contribution in [0.5, 0.6) is 5.75 Å². The van der Waals surface area contributed by atoms with E-state index in [1.807, 2.05) is 30.3 Å². The van der Waals surface area contributed by atoms with Crippen LogP contribution in [-0.2, 0) is 6.42 Å². The molecule has 29 heavy (non-hydrogen) atoms. The fourth-order valence-electron chi connectivity index (χ4n) is 3.63. The minimum absolute atomic E-state index is 0.118. The van der Waals surface area contributed by atoms with Gasteiger partial charge in [0.1, 0.15) is 11.9 Å². The van der Waals surface area contributed by atoms with Crippen molar-refractivity contribution in [2.75, 3.05) is 0 Å². The van der Waals surface area contributed by atoms with Crippen LogP contribution in [0.4, 0.5) is 0 Å². The number of nitrogens with one attached hydrogen (secondary N) is 1. The Hall–Kier alpha value is -2.33. The van der Waals surface area contributed by atoms with Crippen LogP contribution in [0.2, 0.25) is 10.0 Å². The summed E-state index contributed by atoms with van der Waals surface area (Å²) in [6.45, 7) is 2.14. The molecular formula is C24H22Cl2N2O. The summed E-state index contributed by atoms with van der Waals surface area (Å²) < 4.78 is 0. The molecule has 0 unspecified atom stereocenters. The molecule has 4 rings (SSSR count). The number of benzene rings is 3. The zero-order valence-corrected chi connectivity index (χ0v) is 17.6. The van der Waals surface area contributed by atoms with Crippen LogP contribution in [0, 0.1) is 0 Å². The number of hydrogen-bond acceptors (Lipinski definition) is 3. The molecule has 0 aliphatic carbocycles. The second-order valence-corrected chi connectivity index (χ2v) is 8.08. The predicted octanol–water partition coefficient (Wildman–Crippen LogP) is 6.48. The third-order valence-electron chi connectivity index (χ3n) is 5.29. The van der Waals surface area contributed by atoms with Crippen molar-refractivity contribution in [3.63, 3.8) is 0 Å². The summed E-state index contributed by atoms with van der Waals surface area (Å²) in [7, 11) is 0. The van der Waals surface area contributed by atoms with Gasteiger partial charge in [0.2, 0.25) is 0 Å². The van der Waals surface area contributed by atoms with Crippen molar-refractivity contribution < 1.29 is 5.11 Å². The lowest BCUT2D eigenvalue weighted by Gasteiger charge is -2.31. The maximum absolute atomic E-state index is 10.4. The van der Waals surface area contributed by atoms with Gasteiger partial charge in [-0.2, -0.15) is 0 Å². The number of aryl methyl sites for hydroxylation is 1. The van der Waals surface area contributed by atoms with Crippen molar-refractivity contribution in [2.24, 2.45) is 4.99 Å². The monoisotopic (exact) mass is 424 g/mol. The molecule has 2 atom stereocenters. The molecule has 5 heteroatoms. The summed E-state index contributed by atoms with van der Waals surface area (Å²) in [6.07, 6.45) is 1.41. The van der Waals surface area contributed by atoms with E-state index in [0.717, 1.165) is 28.8 Å². The molecule has 0 aromatic heterocycles. The van der Waals surface area contributed by atoms with Gasteiger partial charge in [-0.15, -0.1) is 0 Å². The van der Waals surface area contributed by atoms with Crippen molar-refractivity contribution in [2.45, 2.75) is 32.0 Å². The van der Waals surface area contributed by atoms with Crippen LogP contribution in [0.15, 0.2) is 71.7 Å². The van der Waals surface area contributed by atoms with Gasteiger partial charge in [0, 0.05) is 33.8 Å². The Morgan fingerprint density at radius 3 is 2.34 bits per heavy atom. The van der Waals surface area contributed by atoms with Crippen molar-refractivity contribution in [3.05, 3.63) is 99.0 Å². The standard InChI is InChI=1S/C24H22Cl2N2O/c1-2-15-3-5-16(6-4-15)21-14-22(20-13-19(26)11-12-23(20)29)28-24(27-21)17-7-9-18(25)10-8-17/h3-13,22,24,28-29H,2,14H2,1H3/t22-,24-/m0/s1. The van der Waals surface area contributed by atoms with E-state index in [9.17, 15) is 5.11 Å². The van der Waals surface area contributed by atoms with Gasteiger partial charge in [-0.1, -0.05) is 66.5 Å². The Morgan fingerprint density at radius 2 is 1.66 bits per heavy atom. The minimum atomic E-state index is -0.245. The number of aliphatic imine (C=N–C) groups is 1. The van der Waals surface area contributed by atoms with Gasteiger partial charge >= 0.3 is 0 Å². The molecule has 0 fully saturated rings. The first-order chi connectivity index (χ1) is 14.0. The molecule has 0 saturated heterocycles. The molecule has 3 aromatic rings. The molecule has 148 valence electrons. The third kappa shape index (κ3) is 4.48. The molecule has 1 aliphatic rings. The highest BCUT2D eigenvalue weighted by atomic mass is 35.5. The second kappa shape index (κ2) is 8.58. The lowest BCUT2D eigenvalue weighted by Crippen LogP contribution is -2.33. The first-order valence-corrected chi connectivity index (χ1v) is 10.4. The van der Waals surface area contributed by atoms with Gasteiger partial charge in [-0.3, -0.25) is 10.3 Å². The summed E-state index contributed by atoms with van der Waals surface area (Å²) in [5, 5.41) is 15.3. The van der Waals surface area contributed by atoms with E-state index >= 15 is 0 Å². The molecule has 0 amide bonds. The maximum atomic E-state index is 10.4. The van der Waals surface area contributed by atoms with Crippen molar-refractivity contribution >= 4 is 28.9 Å². The van der Waals surface area contributed by atoms with Gasteiger partial charge in [0.15, 0.2) is 0 Å². The van der Waals surface area contributed by atoms with Crippen LogP contribution in [0.25, 0.3) is 0 Å². The van der Waals surface area contributed by atoms with Gasteiger partial charge < -0.3 is 5.11 Å². The SMILES string of the molecule is CCc1ccc(C2=N[C@H](c3ccc(Cl)cc3)N[C@H](c3cc(Cl)ccc3O)C2)cc1. The Balaban J connectivity index is 1.75. The number of rotatable bonds is 4. The van der Waals surface area contributed by atoms with Crippen LogP contribution in [-0.4, -0.2) is 10.8 Å². The van der Waals surface area contributed by atoms with Crippen LogP contribution in [0.3, 0.4) is 0 Å². The molecule has 0 bridgehead atoms. The Labute approximate surface area is 181 Å². The van der Waals surface area contributed by atoms with E-state index in [1.165, 1.54) is 5.56 Å². The quantitative estimate of drug-likeness (QED) is 0.502. The second-order valence-electron chi connectivity index (χ2n) is 7.21. The van der Waals surface area contributed by atoms with Crippen LogP contribution >= 0.6 is 23.2 Å². The van der Waals surface area contributed by atoms with E-state index in [-0.39, 0.29) is 18.0 Å². The smallest absolute Gasteiger partial charge is 0.126 e. The molecule has 1 heterocycles. The lowest BCUT2D eigenvalue weighted by molar-refractivity contribution is 0.413. The molecule has 0 radical (unpaired) electrons. The topological polar surface area (TPSA) is 44.6 Å². The first-order valence-electron chi connectivity index (χ1n) is 9.69. The van der Waals surface area contributed by atoms with Gasteiger partial charge in [0.05, 0.1) is 0 Å². The molecule has 1 aliphatic heterocycles. The van der Waals surface area contributed by atoms with Crippen molar-refractivity contribution in [3.8, 4) is 5.75 Å². The van der Waals surface area contributed by atoms with Gasteiger partial charge in [-0.05, 0) is 53.4 Å². The van der Waals surface area contributed by atoms with Crippen molar-refractivity contribution in [1.29, 1.82) is 0 Å². The Morgan fingerprint density at radius 1 is 0.966 bits per heavy atom. The third-order valence-corrected chi connectivity index (χ3v) is 5.77. The lowest BCUT2D eigenvalue weighted by atomic mass is 9.93. The number of hydrogen-bond donors (Lipinski definition) is 2. The normalized spacial score (nSPS) is 19.1. The minimum Gasteiger partial charge on any atom is -0.508 e. The predicted molar refractivity (Wildman–Crippen MR) is 120 cm³/mol. The molecule has 2 N–H and O–H groups in total. The summed E-state index contributed by atoms with van der Waals surface area (Å²) in [4.78, 5) is 4.98. The number of aromatic hydroxyl groups is 1. The molecule has 0 spiro atoms. The fourth-order valence-corrected chi connectivity index (χ4v) is 3.94. The van der Waals surface area contributed by atoms with E-state index in [0.29, 0.717) is 16.5 Å². The molecule has 3 nitrogen and oxygen atoms in total. The number of phenols is 1. The Bertz CT molecular complexity index is 1030. The average molecular weight is 425 g/mol. The highest BCUT2D eigenvalue weighted by Crippen LogP contribution is 2.36. The van der Waals surface area contributed by atoms with E-state index in [2.05, 4.69) is 36.5 Å². The molecule has 0 saturated carbocycles. The highest BCUT2D eigenvalue weighted by molar-refractivity contribution is 6.30. The summed E-state index contributed by atoms with van der Waals surface area (Å²) in [5.41, 5.74) is 5.17. The number of phenolic OH excluding ortho intramolecular Hbond substituents is 1. The highest BCUT2D eigenvalue weighted by Gasteiger charge is 2.27. The number of halogens is 2. The first kappa shape index (κ1) is 20.0. The average Bonchev–Trinajstić information content (AvgIpc) is 2.75. The molecular weight excluding hydrogens is 403 g/mol. The van der Waals surface area contributed by atoms with Crippen LogP contribution < -0.4 is 5.32 Å². The van der Waals surface area contributed by atoms with E-state index in [1.54, 1.807) is 12.1 Å². The number of nitrogens with zero attached hydrogens (tertiary/aromatic N) is 1. The fraction of sp³-hybridized carbons (Fsp3) is 0.208. The largest absolute Gasteiger partial charge is 0.508 e. The zero-order chi connectivity index (χ0) is 20.4. The molecule has 3 aromatic carbocycles. The van der Waals surface area contributed by atoms with Gasteiger partial charge in [0.25, 0.3) is 0 Å². The summed E-state index contributed by atoms with van der Waals surface area (Å²) in [6, 6.07) is 21.2. The summed E-state index contributed by atoms with van der Waals surface area (Å²) >= 11 is 12.3. The van der Waals surface area contributed by atoms with Gasteiger partial charge in [-0.25, -0.2) is 0 Å². The Kier molecular flexibility index (Phi) is 5.91. The van der Waals surface area contributed by atoms with E-state index < -0.39 is 0 Å².